The number of hydrogen-bond acceptors (Lipinski definition) is 4. The number of halogens is 1. The van der Waals surface area contributed by atoms with Crippen LogP contribution in [0.2, 0.25) is 0 Å². The minimum atomic E-state index is -0.462. The molecule has 1 aliphatic heterocycles. The van der Waals surface area contributed by atoms with E-state index in [1.165, 1.54) is 11.1 Å². The fraction of sp³-hybridized carbons (Fsp3) is 0.200. The van der Waals surface area contributed by atoms with Crippen LogP contribution in [0.3, 0.4) is 0 Å². The number of aromatic nitrogens is 2. The standard InChI is InChI=1S/C20H18FN3O/c21-17-11-22-20(23-12-17)25-18-13-24(14-18)19(15-7-3-1-4-8-15)16-9-5-2-6-10-16/h1-12,18-19H,13-14H2. The third-order valence-electron chi connectivity index (χ3n) is 4.34. The Morgan fingerprint density at radius 1 is 0.880 bits per heavy atom. The van der Waals surface area contributed by atoms with Crippen LogP contribution in [0.25, 0.3) is 0 Å². The molecule has 0 unspecified atom stereocenters. The molecule has 1 aromatic heterocycles. The summed E-state index contributed by atoms with van der Waals surface area (Å²) < 4.78 is 18.6. The molecule has 126 valence electrons. The van der Waals surface area contributed by atoms with E-state index in [2.05, 4.69) is 63.4 Å². The molecule has 0 amide bonds. The average Bonchev–Trinajstić information content (AvgIpc) is 2.63. The highest BCUT2D eigenvalue weighted by atomic mass is 19.1. The van der Waals surface area contributed by atoms with Gasteiger partial charge in [0.15, 0.2) is 5.82 Å². The molecule has 0 saturated carbocycles. The number of rotatable bonds is 5. The molecule has 3 aromatic rings. The quantitative estimate of drug-likeness (QED) is 0.716. The minimum absolute atomic E-state index is 0.0142. The van der Waals surface area contributed by atoms with E-state index in [4.69, 9.17) is 4.74 Å². The molecular formula is C20H18FN3O. The van der Waals surface area contributed by atoms with Crippen molar-refractivity contribution in [3.05, 3.63) is 90.0 Å². The van der Waals surface area contributed by atoms with E-state index in [0.717, 1.165) is 25.5 Å². The highest BCUT2D eigenvalue weighted by molar-refractivity contribution is 5.32. The second-order valence-corrected chi connectivity index (χ2v) is 6.10. The third-order valence-corrected chi connectivity index (χ3v) is 4.34. The van der Waals surface area contributed by atoms with Crippen molar-refractivity contribution in [3.63, 3.8) is 0 Å². The summed E-state index contributed by atoms with van der Waals surface area (Å²) in [7, 11) is 0. The highest BCUT2D eigenvalue weighted by Gasteiger charge is 2.35. The zero-order chi connectivity index (χ0) is 17.1. The van der Waals surface area contributed by atoms with Crippen molar-refractivity contribution in [1.82, 2.24) is 14.9 Å². The predicted molar refractivity (Wildman–Crippen MR) is 92.7 cm³/mol. The van der Waals surface area contributed by atoms with Gasteiger partial charge in [-0.1, -0.05) is 60.7 Å². The van der Waals surface area contributed by atoms with E-state index in [0.29, 0.717) is 0 Å². The molecule has 2 aromatic carbocycles. The lowest BCUT2D eigenvalue weighted by Crippen LogP contribution is -2.55. The van der Waals surface area contributed by atoms with Gasteiger partial charge in [-0.3, -0.25) is 4.90 Å². The summed E-state index contributed by atoms with van der Waals surface area (Å²) in [5.41, 5.74) is 2.51. The van der Waals surface area contributed by atoms with E-state index in [-0.39, 0.29) is 18.2 Å². The topological polar surface area (TPSA) is 38.2 Å². The van der Waals surface area contributed by atoms with Gasteiger partial charge in [0.05, 0.1) is 18.4 Å². The van der Waals surface area contributed by atoms with Gasteiger partial charge in [-0.25, -0.2) is 14.4 Å². The van der Waals surface area contributed by atoms with E-state index in [1.54, 1.807) is 0 Å². The van der Waals surface area contributed by atoms with Gasteiger partial charge in [0.2, 0.25) is 0 Å². The maximum atomic E-state index is 12.9. The number of benzene rings is 2. The van der Waals surface area contributed by atoms with Crippen molar-refractivity contribution in [2.75, 3.05) is 13.1 Å². The summed E-state index contributed by atoms with van der Waals surface area (Å²) in [5.74, 6) is -0.462. The summed E-state index contributed by atoms with van der Waals surface area (Å²) in [4.78, 5) is 10.1. The number of ether oxygens (including phenoxy) is 1. The molecule has 1 saturated heterocycles. The first-order valence-electron chi connectivity index (χ1n) is 8.28. The molecule has 0 aliphatic carbocycles. The molecule has 0 N–H and O–H groups in total. The molecule has 0 bridgehead atoms. The van der Waals surface area contributed by atoms with Crippen molar-refractivity contribution < 1.29 is 9.13 Å². The SMILES string of the molecule is Fc1cnc(OC2CN(C(c3ccccc3)c3ccccc3)C2)nc1. The van der Waals surface area contributed by atoms with Crippen LogP contribution in [0.1, 0.15) is 17.2 Å². The van der Waals surface area contributed by atoms with Crippen LogP contribution < -0.4 is 4.74 Å². The Kier molecular flexibility index (Phi) is 4.39. The van der Waals surface area contributed by atoms with E-state index < -0.39 is 5.82 Å². The first-order chi connectivity index (χ1) is 12.3. The predicted octanol–water partition coefficient (Wildman–Crippen LogP) is 3.47. The normalized spacial score (nSPS) is 15.1. The van der Waals surface area contributed by atoms with Gasteiger partial charge < -0.3 is 4.74 Å². The molecule has 0 atom stereocenters. The third kappa shape index (κ3) is 3.51. The van der Waals surface area contributed by atoms with Gasteiger partial charge in [-0.15, -0.1) is 0 Å². The lowest BCUT2D eigenvalue weighted by atomic mass is 9.94. The van der Waals surface area contributed by atoms with Crippen molar-refractivity contribution in [2.24, 2.45) is 0 Å². The molecule has 5 heteroatoms. The summed E-state index contributed by atoms with van der Waals surface area (Å²) in [6.07, 6.45) is 2.26. The van der Waals surface area contributed by atoms with Crippen molar-refractivity contribution in [2.45, 2.75) is 12.1 Å². The van der Waals surface area contributed by atoms with Gasteiger partial charge in [-0.2, -0.15) is 0 Å². The van der Waals surface area contributed by atoms with Crippen molar-refractivity contribution in [3.8, 4) is 6.01 Å². The molecule has 0 radical (unpaired) electrons. The van der Waals surface area contributed by atoms with Crippen LogP contribution in [0.15, 0.2) is 73.1 Å². The summed E-state index contributed by atoms with van der Waals surface area (Å²) in [6.45, 7) is 1.55. The molecule has 0 spiro atoms. The Balaban J connectivity index is 1.48. The smallest absolute Gasteiger partial charge is 0.316 e. The van der Waals surface area contributed by atoms with E-state index in [9.17, 15) is 4.39 Å². The fourth-order valence-electron chi connectivity index (χ4n) is 3.15. The molecule has 1 aliphatic rings. The van der Waals surface area contributed by atoms with Gasteiger partial charge in [0, 0.05) is 13.1 Å². The zero-order valence-corrected chi connectivity index (χ0v) is 13.6. The first kappa shape index (κ1) is 15.7. The lowest BCUT2D eigenvalue weighted by molar-refractivity contribution is -0.00493. The molecule has 4 nitrogen and oxygen atoms in total. The molecule has 1 fully saturated rings. The van der Waals surface area contributed by atoms with Crippen LogP contribution >= 0.6 is 0 Å². The Hall–Kier alpha value is -2.79. The Bertz CT molecular complexity index is 766. The van der Waals surface area contributed by atoms with Gasteiger partial charge >= 0.3 is 6.01 Å². The second kappa shape index (κ2) is 6.99. The van der Waals surface area contributed by atoms with Crippen LogP contribution in [0, 0.1) is 5.82 Å². The molecule has 4 rings (SSSR count). The maximum absolute atomic E-state index is 12.9. The number of nitrogens with zero attached hydrogens (tertiary/aromatic N) is 3. The molecule has 2 heterocycles. The van der Waals surface area contributed by atoms with Gasteiger partial charge in [0.1, 0.15) is 6.10 Å². The largest absolute Gasteiger partial charge is 0.457 e. The molecular weight excluding hydrogens is 317 g/mol. The van der Waals surface area contributed by atoms with E-state index >= 15 is 0 Å². The minimum Gasteiger partial charge on any atom is -0.457 e. The first-order valence-corrected chi connectivity index (χ1v) is 8.28. The Labute approximate surface area is 145 Å². The Morgan fingerprint density at radius 3 is 1.92 bits per heavy atom. The van der Waals surface area contributed by atoms with Crippen LogP contribution in [-0.4, -0.2) is 34.1 Å². The summed E-state index contributed by atoms with van der Waals surface area (Å²) in [6, 6.07) is 21.3. The lowest BCUT2D eigenvalue weighted by Gasteiger charge is -2.43. The number of likely N-dealkylation sites (tertiary alicyclic amines) is 1. The number of hydrogen-bond donors (Lipinski definition) is 0. The van der Waals surface area contributed by atoms with Crippen LogP contribution in [0.4, 0.5) is 4.39 Å². The van der Waals surface area contributed by atoms with Crippen molar-refractivity contribution >= 4 is 0 Å². The van der Waals surface area contributed by atoms with Crippen molar-refractivity contribution in [1.29, 1.82) is 0 Å². The van der Waals surface area contributed by atoms with Crippen LogP contribution in [0.5, 0.6) is 6.01 Å². The molecule has 25 heavy (non-hydrogen) atoms. The summed E-state index contributed by atoms with van der Waals surface area (Å²) >= 11 is 0. The fourth-order valence-corrected chi connectivity index (χ4v) is 3.15. The van der Waals surface area contributed by atoms with Gasteiger partial charge in [-0.05, 0) is 11.1 Å². The highest BCUT2D eigenvalue weighted by Crippen LogP contribution is 2.32. The van der Waals surface area contributed by atoms with Gasteiger partial charge in [0.25, 0.3) is 0 Å². The summed E-state index contributed by atoms with van der Waals surface area (Å²) in [5, 5.41) is 0. The van der Waals surface area contributed by atoms with E-state index in [1.807, 2.05) is 12.1 Å². The second-order valence-electron chi connectivity index (χ2n) is 6.10. The monoisotopic (exact) mass is 335 g/mol. The zero-order valence-electron chi connectivity index (χ0n) is 13.6. The average molecular weight is 335 g/mol. The van der Waals surface area contributed by atoms with Crippen LogP contribution in [-0.2, 0) is 0 Å². The Morgan fingerprint density at radius 2 is 1.40 bits per heavy atom. The maximum Gasteiger partial charge on any atom is 0.316 e.